The number of nitrogens with zero attached hydrogens (tertiary/aromatic N) is 3. The fraction of sp³-hybridized carbons (Fsp3) is 0.417. The zero-order valence-corrected chi connectivity index (χ0v) is 13.8. The van der Waals surface area contributed by atoms with E-state index < -0.39 is 0 Å². The van der Waals surface area contributed by atoms with Crippen molar-refractivity contribution in [2.75, 3.05) is 12.4 Å². The summed E-state index contributed by atoms with van der Waals surface area (Å²) >= 11 is 3.85. The zero-order valence-electron chi connectivity index (χ0n) is 10.8. The number of rotatable bonds is 2. The van der Waals surface area contributed by atoms with Crippen LogP contribution in [0, 0.1) is 3.57 Å². The van der Waals surface area contributed by atoms with Crippen molar-refractivity contribution in [2.24, 2.45) is 0 Å². The maximum atomic E-state index is 4.68. The third kappa shape index (κ3) is 2.64. The molecule has 18 heavy (non-hydrogen) atoms. The molecule has 0 aliphatic heterocycles. The Kier molecular flexibility index (Phi) is 3.86. The first-order chi connectivity index (χ1) is 8.43. The summed E-state index contributed by atoms with van der Waals surface area (Å²) < 4.78 is 1.07. The van der Waals surface area contributed by atoms with Gasteiger partial charge in [0.1, 0.15) is 5.82 Å². The smallest absolute Gasteiger partial charge is 0.191 e. The predicted octanol–water partition coefficient (Wildman–Crippen LogP) is 3.54. The fourth-order valence-electron chi connectivity index (χ4n) is 1.54. The SMILES string of the molecule is CNc1nc(-c2nccs2)nc(C(C)(C)C)c1I. The minimum Gasteiger partial charge on any atom is -0.372 e. The number of thiazole rings is 1. The molecule has 0 spiro atoms. The molecule has 2 aromatic rings. The molecule has 2 rings (SSSR count). The molecule has 1 N–H and O–H groups in total. The lowest BCUT2D eigenvalue weighted by Gasteiger charge is -2.21. The Morgan fingerprint density at radius 1 is 1.28 bits per heavy atom. The van der Waals surface area contributed by atoms with Gasteiger partial charge in [0.2, 0.25) is 0 Å². The summed E-state index contributed by atoms with van der Waals surface area (Å²) in [5.74, 6) is 1.56. The van der Waals surface area contributed by atoms with Gasteiger partial charge in [0.25, 0.3) is 0 Å². The lowest BCUT2D eigenvalue weighted by Crippen LogP contribution is -2.18. The van der Waals surface area contributed by atoms with Crippen molar-refractivity contribution in [3.63, 3.8) is 0 Å². The maximum absolute atomic E-state index is 4.68. The largest absolute Gasteiger partial charge is 0.372 e. The summed E-state index contributed by atoms with van der Waals surface area (Å²) in [6.07, 6.45) is 1.77. The van der Waals surface area contributed by atoms with Crippen LogP contribution in [0.15, 0.2) is 11.6 Å². The first-order valence-corrected chi connectivity index (χ1v) is 7.55. The monoisotopic (exact) mass is 374 g/mol. The molecule has 0 aliphatic rings. The normalized spacial score (nSPS) is 11.6. The van der Waals surface area contributed by atoms with Crippen molar-refractivity contribution in [2.45, 2.75) is 26.2 Å². The van der Waals surface area contributed by atoms with E-state index in [4.69, 9.17) is 0 Å². The van der Waals surface area contributed by atoms with Crippen LogP contribution in [0.2, 0.25) is 0 Å². The number of hydrogen-bond donors (Lipinski definition) is 1. The molecule has 0 aliphatic carbocycles. The molecule has 96 valence electrons. The van der Waals surface area contributed by atoms with Crippen molar-refractivity contribution in [3.05, 3.63) is 20.8 Å². The maximum Gasteiger partial charge on any atom is 0.191 e. The van der Waals surface area contributed by atoms with E-state index in [1.54, 1.807) is 17.5 Å². The Morgan fingerprint density at radius 3 is 2.50 bits per heavy atom. The molecule has 0 radical (unpaired) electrons. The molecule has 6 heteroatoms. The average molecular weight is 374 g/mol. The third-order valence-corrected chi connectivity index (χ3v) is 4.21. The van der Waals surface area contributed by atoms with E-state index in [0.29, 0.717) is 5.82 Å². The summed E-state index contributed by atoms with van der Waals surface area (Å²) in [6, 6.07) is 0. The van der Waals surface area contributed by atoms with Crippen LogP contribution in [0.4, 0.5) is 5.82 Å². The molecular formula is C12H15IN4S. The van der Waals surface area contributed by atoms with Gasteiger partial charge < -0.3 is 5.32 Å². The van der Waals surface area contributed by atoms with Gasteiger partial charge in [-0.15, -0.1) is 11.3 Å². The first kappa shape index (κ1) is 13.7. The van der Waals surface area contributed by atoms with Gasteiger partial charge in [-0.1, -0.05) is 20.8 Å². The minimum atomic E-state index is -0.0168. The number of halogens is 1. The molecule has 0 saturated heterocycles. The highest BCUT2D eigenvalue weighted by molar-refractivity contribution is 14.1. The van der Waals surface area contributed by atoms with Crippen LogP contribution in [0.1, 0.15) is 26.5 Å². The van der Waals surface area contributed by atoms with Crippen molar-refractivity contribution >= 4 is 39.7 Å². The van der Waals surface area contributed by atoms with Crippen molar-refractivity contribution in [1.29, 1.82) is 0 Å². The molecule has 0 aromatic carbocycles. The Morgan fingerprint density at radius 2 is 2.00 bits per heavy atom. The Hall–Kier alpha value is -0.760. The topological polar surface area (TPSA) is 50.7 Å². The highest BCUT2D eigenvalue weighted by Gasteiger charge is 2.23. The van der Waals surface area contributed by atoms with Crippen LogP contribution < -0.4 is 5.32 Å². The number of anilines is 1. The molecule has 2 aromatic heterocycles. The number of aromatic nitrogens is 3. The Labute approximate surface area is 124 Å². The third-order valence-electron chi connectivity index (χ3n) is 2.42. The van der Waals surface area contributed by atoms with Gasteiger partial charge in [0.15, 0.2) is 10.8 Å². The van der Waals surface area contributed by atoms with Crippen molar-refractivity contribution in [1.82, 2.24) is 15.0 Å². The summed E-state index contributed by atoms with van der Waals surface area (Å²) in [5, 5.41) is 5.92. The molecule has 0 fully saturated rings. The summed E-state index contributed by atoms with van der Waals surface area (Å²) in [6.45, 7) is 6.47. The summed E-state index contributed by atoms with van der Waals surface area (Å²) in [5.41, 5.74) is 1.03. The predicted molar refractivity (Wildman–Crippen MR) is 84.1 cm³/mol. The van der Waals surface area contributed by atoms with Gasteiger partial charge in [0.05, 0.1) is 9.26 Å². The Bertz CT molecular complexity index is 546. The van der Waals surface area contributed by atoms with Crippen LogP contribution in [0.5, 0.6) is 0 Å². The van der Waals surface area contributed by atoms with Gasteiger partial charge >= 0.3 is 0 Å². The van der Waals surface area contributed by atoms with Crippen molar-refractivity contribution in [3.8, 4) is 10.8 Å². The summed E-state index contributed by atoms with van der Waals surface area (Å²) in [4.78, 5) is 13.5. The quantitative estimate of drug-likeness (QED) is 0.817. The van der Waals surface area contributed by atoms with Crippen LogP contribution in [0.25, 0.3) is 10.8 Å². The lowest BCUT2D eigenvalue weighted by atomic mass is 9.92. The second-order valence-corrected chi connectivity index (χ2v) is 6.87. The van der Waals surface area contributed by atoms with Gasteiger partial charge in [-0.05, 0) is 22.6 Å². The molecule has 0 bridgehead atoms. The molecule has 4 nitrogen and oxygen atoms in total. The second-order valence-electron chi connectivity index (χ2n) is 4.90. The van der Waals surface area contributed by atoms with E-state index in [2.05, 4.69) is 63.6 Å². The number of nitrogens with one attached hydrogen (secondary N) is 1. The van der Waals surface area contributed by atoms with Gasteiger partial charge in [0, 0.05) is 24.0 Å². The summed E-state index contributed by atoms with van der Waals surface area (Å²) in [7, 11) is 1.88. The molecule has 0 atom stereocenters. The van der Waals surface area contributed by atoms with E-state index in [9.17, 15) is 0 Å². The van der Waals surface area contributed by atoms with Crippen LogP contribution >= 0.6 is 33.9 Å². The van der Waals surface area contributed by atoms with E-state index in [1.165, 1.54) is 0 Å². The van der Waals surface area contributed by atoms with E-state index in [0.717, 1.165) is 20.1 Å². The van der Waals surface area contributed by atoms with Gasteiger partial charge in [-0.2, -0.15) is 0 Å². The van der Waals surface area contributed by atoms with Gasteiger partial charge in [-0.25, -0.2) is 15.0 Å². The van der Waals surface area contributed by atoms with E-state index >= 15 is 0 Å². The first-order valence-electron chi connectivity index (χ1n) is 5.59. The highest BCUT2D eigenvalue weighted by Crippen LogP contribution is 2.31. The molecular weight excluding hydrogens is 359 g/mol. The molecule has 2 heterocycles. The second kappa shape index (κ2) is 5.08. The molecule has 0 amide bonds. The zero-order chi connectivity index (χ0) is 13.3. The van der Waals surface area contributed by atoms with E-state index in [1.807, 2.05) is 12.4 Å². The minimum absolute atomic E-state index is 0.0168. The van der Waals surface area contributed by atoms with Crippen molar-refractivity contribution < 1.29 is 0 Å². The van der Waals surface area contributed by atoms with Crippen LogP contribution in [-0.4, -0.2) is 22.0 Å². The molecule has 0 saturated carbocycles. The fourth-order valence-corrected chi connectivity index (χ4v) is 3.43. The number of hydrogen-bond acceptors (Lipinski definition) is 5. The lowest BCUT2D eigenvalue weighted by molar-refractivity contribution is 0.564. The highest BCUT2D eigenvalue weighted by atomic mass is 127. The standard InChI is InChI=1S/C12H15IN4S/c1-12(2,3)8-7(13)9(14-4)17-10(16-8)11-15-5-6-18-11/h5-6H,1-4H3,(H,14,16,17). The molecule has 0 unspecified atom stereocenters. The Balaban J connectivity index is 2.64. The van der Waals surface area contributed by atoms with E-state index in [-0.39, 0.29) is 5.41 Å². The average Bonchev–Trinajstić information content (AvgIpc) is 2.81. The van der Waals surface area contributed by atoms with Crippen LogP contribution in [-0.2, 0) is 5.41 Å². The van der Waals surface area contributed by atoms with Gasteiger partial charge in [-0.3, -0.25) is 0 Å². The van der Waals surface area contributed by atoms with Crippen LogP contribution in [0.3, 0.4) is 0 Å².